The molecule has 2 rings (SSSR count). The molecule has 0 aromatic carbocycles. The summed E-state index contributed by atoms with van der Waals surface area (Å²) in [5, 5.41) is 3.61. The number of rotatable bonds is 3. The second-order valence-corrected chi connectivity index (χ2v) is 4.45. The van der Waals surface area contributed by atoms with Crippen molar-refractivity contribution in [2.45, 2.75) is 11.6 Å². The highest BCUT2D eigenvalue weighted by Gasteiger charge is 2.17. The van der Waals surface area contributed by atoms with Crippen molar-refractivity contribution in [2.75, 3.05) is 37.3 Å². The van der Waals surface area contributed by atoms with Crippen LogP contribution in [0.5, 0.6) is 0 Å². The topological polar surface area (TPSA) is 41.1 Å². The number of alkyl halides is 2. The van der Waals surface area contributed by atoms with Crippen molar-refractivity contribution in [1.29, 1.82) is 0 Å². The normalized spacial score (nSPS) is 16.6. The Labute approximate surface area is 103 Å². The van der Waals surface area contributed by atoms with E-state index in [4.69, 9.17) is 0 Å². The second-order valence-electron chi connectivity index (χ2n) is 3.68. The Hall–Kier alpha value is -0.950. The summed E-state index contributed by atoms with van der Waals surface area (Å²) in [7, 11) is 0. The fraction of sp³-hybridized carbons (Fsp3) is 0.600. The van der Waals surface area contributed by atoms with Gasteiger partial charge in [-0.2, -0.15) is 0 Å². The van der Waals surface area contributed by atoms with Crippen LogP contribution in [-0.4, -0.2) is 42.4 Å². The quantitative estimate of drug-likeness (QED) is 0.659. The number of thioether (sulfide) groups is 1. The van der Waals surface area contributed by atoms with Crippen LogP contribution >= 0.6 is 11.8 Å². The van der Waals surface area contributed by atoms with Crippen molar-refractivity contribution < 1.29 is 8.78 Å². The fourth-order valence-electron chi connectivity index (χ4n) is 1.69. The zero-order valence-electron chi connectivity index (χ0n) is 9.49. The molecule has 1 saturated heterocycles. The number of aromatic nitrogens is 2. The van der Waals surface area contributed by atoms with Gasteiger partial charge >= 0.3 is 0 Å². The molecule has 0 aliphatic carbocycles. The van der Waals surface area contributed by atoms with Crippen LogP contribution in [0.3, 0.4) is 0 Å². The Morgan fingerprint density at radius 2 is 2.06 bits per heavy atom. The summed E-state index contributed by atoms with van der Waals surface area (Å²) < 4.78 is 25.4. The predicted molar refractivity (Wildman–Crippen MR) is 63.9 cm³/mol. The number of halogens is 2. The van der Waals surface area contributed by atoms with Gasteiger partial charge in [-0.3, -0.25) is 0 Å². The molecule has 1 fully saturated rings. The monoisotopic (exact) mass is 260 g/mol. The molecule has 1 aliphatic rings. The van der Waals surface area contributed by atoms with Crippen LogP contribution in [0.15, 0.2) is 11.2 Å². The molecule has 0 unspecified atom stereocenters. The first-order chi connectivity index (χ1) is 8.20. The average molecular weight is 260 g/mol. The minimum Gasteiger partial charge on any atom is -0.354 e. The molecular formula is C10H14F2N4S. The van der Waals surface area contributed by atoms with Gasteiger partial charge in [-0.05, 0) is 6.26 Å². The SMILES string of the molecule is CSc1nc(C(F)F)cc(N2CCNCC2)n1. The Bertz CT molecular complexity index is 383. The number of nitrogens with one attached hydrogen (secondary N) is 1. The number of piperazine rings is 1. The van der Waals surface area contributed by atoms with Crippen molar-refractivity contribution in [3.05, 3.63) is 11.8 Å². The number of hydrogen-bond acceptors (Lipinski definition) is 5. The maximum absolute atomic E-state index is 12.7. The predicted octanol–water partition coefficient (Wildman–Crippen LogP) is 1.55. The van der Waals surface area contributed by atoms with Gasteiger partial charge < -0.3 is 10.2 Å². The van der Waals surface area contributed by atoms with Crippen molar-refractivity contribution in [3.8, 4) is 0 Å². The summed E-state index contributed by atoms with van der Waals surface area (Å²) in [6, 6.07) is 1.38. The molecule has 1 aromatic rings. The van der Waals surface area contributed by atoms with E-state index >= 15 is 0 Å². The minimum atomic E-state index is -2.55. The maximum Gasteiger partial charge on any atom is 0.280 e. The van der Waals surface area contributed by atoms with Crippen LogP contribution in [0.1, 0.15) is 12.1 Å². The summed E-state index contributed by atoms with van der Waals surface area (Å²) in [5.74, 6) is 0.598. The Morgan fingerprint density at radius 3 is 2.65 bits per heavy atom. The standard InChI is InChI=1S/C10H14F2N4S/c1-17-10-14-7(9(11)12)6-8(15-10)16-4-2-13-3-5-16/h6,9,13H,2-5H2,1H3. The largest absolute Gasteiger partial charge is 0.354 e. The summed E-state index contributed by atoms with van der Waals surface area (Å²) in [6.07, 6.45) is -0.767. The zero-order chi connectivity index (χ0) is 12.3. The van der Waals surface area contributed by atoms with Crippen LogP contribution < -0.4 is 10.2 Å². The molecule has 0 radical (unpaired) electrons. The molecule has 0 spiro atoms. The van der Waals surface area contributed by atoms with Crippen LogP contribution in [0.4, 0.5) is 14.6 Å². The Morgan fingerprint density at radius 1 is 1.35 bits per heavy atom. The van der Waals surface area contributed by atoms with Crippen molar-refractivity contribution in [2.24, 2.45) is 0 Å². The molecule has 0 atom stereocenters. The van der Waals surface area contributed by atoms with Crippen molar-refractivity contribution in [1.82, 2.24) is 15.3 Å². The molecule has 0 amide bonds. The van der Waals surface area contributed by atoms with Crippen LogP contribution in [0.2, 0.25) is 0 Å². The number of hydrogen-bond donors (Lipinski definition) is 1. The third kappa shape index (κ3) is 3.04. The first-order valence-corrected chi connectivity index (χ1v) is 6.60. The third-order valence-corrected chi connectivity index (χ3v) is 3.11. The molecule has 1 aliphatic heterocycles. The lowest BCUT2D eigenvalue weighted by molar-refractivity contribution is 0.145. The lowest BCUT2D eigenvalue weighted by Gasteiger charge is -2.28. The summed E-state index contributed by atoms with van der Waals surface area (Å²) in [6.45, 7) is 3.27. The average Bonchev–Trinajstić information content (AvgIpc) is 2.39. The van der Waals surface area contributed by atoms with E-state index in [9.17, 15) is 8.78 Å². The highest BCUT2D eigenvalue weighted by Crippen LogP contribution is 2.24. The summed E-state index contributed by atoms with van der Waals surface area (Å²) in [4.78, 5) is 10.1. The van der Waals surface area contributed by atoms with Crippen LogP contribution in [0.25, 0.3) is 0 Å². The lowest BCUT2D eigenvalue weighted by atomic mass is 10.3. The van der Waals surface area contributed by atoms with E-state index in [0.29, 0.717) is 11.0 Å². The Balaban J connectivity index is 2.28. The third-order valence-electron chi connectivity index (χ3n) is 2.56. The van der Waals surface area contributed by atoms with Gasteiger partial charge in [-0.15, -0.1) is 0 Å². The van der Waals surface area contributed by atoms with E-state index < -0.39 is 6.43 Å². The van der Waals surface area contributed by atoms with Crippen molar-refractivity contribution >= 4 is 17.6 Å². The number of anilines is 1. The zero-order valence-corrected chi connectivity index (χ0v) is 10.3. The van der Waals surface area contributed by atoms with Gasteiger partial charge in [0.2, 0.25) is 0 Å². The lowest BCUT2D eigenvalue weighted by Crippen LogP contribution is -2.44. The molecular weight excluding hydrogens is 246 g/mol. The summed E-state index contributed by atoms with van der Waals surface area (Å²) >= 11 is 1.28. The smallest absolute Gasteiger partial charge is 0.280 e. The van der Waals surface area contributed by atoms with Gasteiger partial charge in [0.15, 0.2) is 5.16 Å². The van der Waals surface area contributed by atoms with E-state index in [1.54, 1.807) is 6.26 Å². The first kappa shape index (κ1) is 12.5. The highest BCUT2D eigenvalue weighted by atomic mass is 32.2. The molecule has 1 aromatic heterocycles. The molecule has 94 valence electrons. The van der Waals surface area contributed by atoms with Crippen LogP contribution in [-0.2, 0) is 0 Å². The number of nitrogens with zero attached hydrogens (tertiary/aromatic N) is 3. The van der Waals surface area contributed by atoms with Gasteiger partial charge in [-0.25, -0.2) is 18.7 Å². The van der Waals surface area contributed by atoms with E-state index in [0.717, 1.165) is 26.2 Å². The highest BCUT2D eigenvalue weighted by molar-refractivity contribution is 7.98. The molecule has 7 heteroatoms. The van der Waals surface area contributed by atoms with E-state index in [1.165, 1.54) is 17.8 Å². The second kappa shape index (κ2) is 5.59. The van der Waals surface area contributed by atoms with E-state index in [1.807, 2.05) is 4.90 Å². The molecule has 0 saturated carbocycles. The van der Waals surface area contributed by atoms with Gasteiger partial charge in [0.05, 0.1) is 0 Å². The molecule has 17 heavy (non-hydrogen) atoms. The first-order valence-electron chi connectivity index (χ1n) is 5.37. The van der Waals surface area contributed by atoms with Gasteiger partial charge in [0.25, 0.3) is 6.43 Å². The summed E-state index contributed by atoms with van der Waals surface area (Å²) in [5.41, 5.74) is -0.196. The van der Waals surface area contributed by atoms with Gasteiger partial charge in [0.1, 0.15) is 11.5 Å². The fourth-order valence-corrected chi connectivity index (χ4v) is 2.07. The maximum atomic E-state index is 12.7. The van der Waals surface area contributed by atoms with E-state index in [-0.39, 0.29) is 5.69 Å². The van der Waals surface area contributed by atoms with Crippen molar-refractivity contribution in [3.63, 3.8) is 0 Å². The van der Waals surface area contributed by atoms with Crippen LogP contribution in [0, 0.1) is 0 Å². The van der Waals surface area contributed by atoms with Gasteiger partial charge in [0, 0.05) is 32.2 Å². The minimum absolute atomic E-state index is 0.196. The Kier molecular flexibility index (Phi) is 4.11. The molecule has 4 nitrogen and oxygen atoms in total. The molecule has 2 heterocycles. The molecule has 1 N–H and O–H groups in total. The van der Waals surface area contributed by atoms with Gasteiger partial charge in [-0.1, -0.05) is 11.8 Å². The molecule has 0 bridgehead atoms. The van der Waals surface area contributed by atoms with E-state index in [2.05, 4.69) is 15.3 Å².